The van der Waals surface area contributed by atoms with Gasteiger partial charge in [-0.05, 0) is 44.6 Å². The molecule has 0 aliphatic carbocycles. The van der Waals surface area contributed by atoms with Gasteiger partial charge in [0.25, 0.3) is 0 Å². The molecule has 0 radical (unpaired) electrons. The maximum atomic E-state index is 12.4. The van der Waals surface area contributed by atoms with Crippen molar-refractivity contribution in [2.45, 2.75) is 20.3 Å². The summed E-state index contributed by atoms with van der Waals surface area (Å²) in [6.45, 7) is 3.95. The molecule has 2 rings (SSSR count). The number of carbonyl (C=O) groups excluding carboxylic acids is 1. The zero-order valence-corrected chi connectivity index (χ0v) is 17.8. The summed E-state index contributed by atoms with van der Waals surface area (Å²) in [5.41, 5.74) is 2.78. The van der Waals surface area contributed by atoms with E-state index in [0.29, 0.717) is 34.6 Å². The van der Waals surface area contributed by atoms with Crippen LogP contribution in [0.2, 0.25) is 0 Å². The van der Waals surface area contributed by atoms with Crippen molar-refractivity contribution in [1.82, 2.24) is 4.98 Å². The van der Waals surface area contributed by atoms with Crippen molar-refractivity contribution in [3.63, 3.8) is 0 Å². The summed E-state index contributed by atoms with van der Waals surface area (Å²) >= 11 is 0. The first kappa shape index (κ1) is 24.2. The van der Waals surface area contributed by atoms with E-state index in [1.54, 1.807) is 30.6 Å². The van der Waals surface area contributed by atoms with Gasteiger partial charge in [0.2, 0.25) is 0 Å². The van der Waals surface area contributed by atoms with Gasteiger partial charge in [-0.1, -0.05) is 11.6 Å². The summed E-state index contributed by atoms with van der Waals surface area (Å²) in [4.78, 5) is 16.3. The zero-order valence-electron chi connectivity index (χ0n) is 17.0. The van der Waals surface area contributed by atoms with Crippen molar-refractivity contribution >= 4 is 24.3 Å². The molecule has 156 valence electrons. The summed E-state index contributed by atoms with van der Waals surface area (Å²) < 4.78 is 16.2. The van der Waals surface area contributed by atoms with Gasteiger partial charge in [0.1, 0.15) is 17.2 Å². The Morgan fingerprint density at radius 1 is 1.21 bits per heavy atom. The minimum atomic E-state index is -0.180. The first-order chi connectivity index (χ1) is 13.5. The molecule has 29 heavy (non-hydrogen) atoms. The van der Waals surface area contributed by atoms with Gasteiger partial charge in [0.05, 0.1) is 12.7 Å². The van der Waals surface area contributed by atoms with Crippen molar-refractivity contribution < 1.29 is 24.1 Å². The number of hydrogen-bond acceptors (Lipinski definition) is 6. The second kappa shape index (κ2) is 11.9. The fraction of sp³-hybridized carbons (Fsp3) is 0.273. The Labute approximate surface area is 177 Å². The standard InChI is InChI=1S/C22H25NO5.ClH/c1-15(2)5-6-17-20(25)13-21(27-4)18(22(17)28-14-26-3)7-8-19(24)16-9-11-23-12-10-16;/h5,7-13,25H,6,14H2,1-4H3;1H. The number of carbonyl (C=O) groups is 1. The number of phenols is 1. The lowest BCUT2D eigenvalue weighted by atomic mass is 10.0. The number of benzene rings is 1. The molecule has 0 fully saturated rings. The van der Waals surface area contributed by atoms with Gasteiger partial charge in [0, 0.05) is 36.7 Å². The third kappa shape index (κ3) is 6.62. The molecule has 6 nitrogen and oxygen atoms in total. The highest BCUT2D eigenvalue weighted by Crippen LogP contribution is 2.40. The van der Waals surface area contributed by atoms with Crippen molar-refractivity contribution in [3.8, 4) is 17.2 Å². The molecular formula is C22H26ClNO5. The molecule has 0 saturated carbocycles. The Kier molecular flexibility index (Phi) is 9.92. The van der Waals surface area contributed by atoms with Crippen LogP contribution in [0.15, 0.2) is 48.3 Å². The van der Waals surface area contributed by atoms with E-state index >= 15 is 0 Å². The lowest BCUT2D eigenvalue weighted by molar-refractivity contribution is 0.0500. The van der Waals surface area contributed by atoms with Gasteiger partial charge in [-0.2, -0.15) is 0 Å². The predicted molar refractivity (Wildman–Crippen MR) is 115 cm³/mol. The highest BCUT2D eigenvalue weighted by atomic mass is 35.5. The maximum absolute atomic E-state index is 12.4. The Bertz CT molecular complexity index is 875. The largest absolute Gasteiger partial charge is 0.507 e. The SMILES string of the molecule is COCOc1c(C=CC(=O)c2ccncc2)c(OC)cc(O)c1CC=C(C)C.Cl. The van der Waals surface area contributed by atoms with E-state index in [-0.39, 0.29) is 30.7 Å². The summed E-state index contributed by atoms with van der Waals surface area (Å²) in [7, 11) is 3.00. The molecule has 1 heterocycles. The van der Waals surface area contributed by atoms with Crippen LogP contribution in [0.3, 0.4) is 0 Å². The number of ketones is 1. The fourth-order valence-corrected chi connectivity index (χ4v) is 2.56. The molecule has 1 aromatic heterocycles. The smallest absolute Gasteiger partial charge is 0.188 e. The number of hydrogen-bond donors (Lipinski definition) is 1. The maximum Gasteiger partial charge on any atom is 0.188 e. The van der Waals surface area contributed by atoms with Crippen molar-refractivity contribution in [1.29, 1.82) is 0 Å². The molecule has 0 aliphatic rings. The molecule has 0 bridgehead atoms. The van der Waals surface area contributed by atoms with Crippen LogP contribution in [-0.2, 0) is 11.2 Å². The van der Waals surface area contributed by atoms with E-state index in [1.165, 1.54) is 26.4 Å². The quantitative estimate of drug-likeness (QED) is 0.277. The lowest BCUT2D eigenvalue weighted by Crippen LogP contribution is -2.05. The highest BCUT2D eigenvalue weighted by molar-refractivity contribution is 6.07. The average molecular weight is 420 g/mol. The van der Waals surface area contributed by atoms with Crippen LogP contribution < -0.4 is 9.47 Å². The number of ether oxygens (including phenoxy) is 3. The van der Waals surface area contributed by atoms with Gasteiger partial charge in [-0.15, -0.1) is 12.4 Å². The van der Waals surface area contributed by atoms with Gasteiger partial charge in [-0.25, -0.2) is 0 Å². The zero-order chi connectivity index (χ0) is 20.5. The van der Waals surface area contributed by atoms with E-state index < -0.39 is 0 Å². The van der Waals surface area contributed by atoms with E-state index in [9.17, 15) is 9.90 Å². The van der Waals surface area contributed by atoms with Crippen LogP contribution in [0.25, 0.3) is 6.08 Å². The molecular weight excluding hydrogens is 394 g/mol. The summed E-state index contributed by atoms with van der Waals surface area (Å²) in [6.07, 6.45) is 8.64. The second-order valence-electron chi connectivity index (χ2n) is 6.29. The van der Waals surface area contributed by atoms with E-state index in [0.717, 1.165) is 5.57 Å². The molecule has 0 aliphatic heterocycles. The predicted octanol–water partition coefficient (Wildman–Crippen LogP) is 4.61. The highest BCUT2D eigenvalue weighted by Gasteiger charge is 2.18. The van der Waals surface area contributed by atoms with Crippen LogP contribution >= 0.6 is 12.4 Å². The Morgan fingerprint density at radius 2 is 1.90 bits per heavy atom. The number of nitrogens with zero attached hydrogens (tertiary/aromatic N) is 1. The molecule has 1 N–H and O–H groups in total. The van der Waals surface area contributed by atoms with Gasteiger partial charge in [0.15, 0.2) is 12.6 Å². The molecule has 0 atom stereocenters. The fourth-order valence-electron chi connectivity index (χ4n) is 2.56. The number of pyridine rings is 1. The minimum absolute atomic E-state index is 0. The van der Waals surface area contributed by atoms with Crippen LogP contribution in [0.5, 0.6) is 17.2 Å². The monoisotopic (exact) mass is 419 g/mol. The topological polar surface area (TPSA) is 77.9 Å². The minimum Gasteiger partial charge on any atom is -0.507 e. The van der Waals surface area contributed by atoms with Crippen LogP contribution in [0.1, 0.15) is 35.3 Å². The van der Waals surface area contributed by atoms with Crippen molar-refractivity contribution in [2.24, 2.45) is 0 Å². The number of aromatic nitrogens is 1. The molecule has 7 heteroatoms. The van der Waals surface area contributed by atoms with Gasteiger partial charge < -0.3 is 19.3 Å². The molecule has 1 aromatic carbocycles. The van der Waals surface area contributed by atoms with Gasteiger partial charge >= 0.3 is 0 Å². The molecule has 0 amide bonds. The summed E-state index contributed by atoms with van der Waals surface area (Å²) in [6, 6.07) is 4.80. The first-order valence-electron chi connectivity index (χ1n) is 8.78. The molecule has 0 spiro atoms. The van der Waals surface area contributed by atoms with Crippen LogP contribution in [-0.4, -0.2) is 36.9 Å². The molecule has 0 unspecified atom stereocenters. The number of phenolic OH excluding ortho intramolecular Hbond substituents is 1. The third-order valence-corrected chi connectivity index (χ3v) is 3.98. The molecule has 2 aromatic rings. The van der Waals surface area contributed by atoms with E-state index in [1.807, 2.05) is 19.9 Å². The molecule has 0 saturated heterocycles. The number of methoxy groups -OCH3 is 2. The van der Waals surface area contributed by atoms with E-state index in [4.69, 9.17) is 14.2 Å². The number of rotatable bonds is 9. The second-order valence-corrected chi connectivity index (χ2v) is 6.29. The Morgan fingerprint density at radius 3 is 2.48 bits per heavy atom. The average Bonchev–Trinajstić information content (AvgIpc) is 2.70. The van der Waals surface area contributed by atoms with Gasteiger partial charge in [-0.3, -0.25) is 9.78 Å². The third-order valence-electron chi connectivity index (χ3n) is 3.98. The Balaban J connectivity index is 0.00000420. The summed E-state index contributed by atoms with van der Waals surface area (Å²) in [5, 5.41) is 10.5. The van der Waals surface area contributed by atoms with Crippen LogP contribution in [0, 0.1) is 0 Å². The lowest BCUT2D eigenvalue weighted by Gasteiger charge is -2.17. The van der Waals surface area contributed by atoms with E-state index in [2.05, 4.69) is 4.98 Å². The first-order valence-corrected chi connectivity index (χ1v) is 8.78. The van der Waals surface area contributed by atoms with Crippen molar-refractivity contribution in [2.75, 3.05) is 21.0 Å². The van der Waals surface area contributed by atoms with Crippen molar-refractivity contribution in [3.05, 3.63) is 65.0 Å². The Hall–Kier alpha value is -2.83. The summed E-state index contributed by atoms with van der Waals surface area (Å²) in [5.74, 6) is 0.678. The number of allylic oxidation sites excluding steroid dienone is 3. The normalized spacial score (nSPS) is 10.3. The number of aromatic hydroxyl groups is 1. The van der Waals surface area contributed by atoms with Crippen LogP contribution in [0.4, 0.5) is 0 Å². The number of halogens is 1.